The zero-order valence-corrected chi connectivity index (χ0v) is 13.4. The Bertz CT molecular complexity index is 585. The summed E-state index contributed by atoms with van der Waals surface area (Å²) in [5.41, 5.74) is 5.69. The van der Waals surface area contributed by atoms with Crippen molar-refractivity contribution >= 4 is 15.7 Å². The maximum absolute atomic E-state index is 13.6. The van der Waals surface area contributed by atoms with Gasteiger partial charge in [0.2, 0.25) is 10.0 Å². The number of sulfonamides is 1. The molecule has 0 amide bonds. The zero-order valence-electron chi connectivity index (χ0n) is 12.6. The van der Waals surface area contributed by atoms with E-state index in [1.54, 1.807) is 7.05 Å². The molecule has 1 saturated carbocycles. The summed E-state index contributed by atoms with van der Waals surface area (Å²) in [5, 5.41) is 0. The van der Waals surface area contributed by atoms with Crippen LogP contribution in [0.3, 0.4) is 0 Å². The van der Waals surface area contributed by atoms with E-state index in [1.165, 1.54) is 23.4 Å². The fraction of sp³-hybridized carbons (Fsp3) is 0.600. The van der Waals surface area contributed by atoms with Gasteiger partial charge in [-0.2, -0.15) is 4.31 Å². The lowest BCUT2D eigenvalue weighted by Gasteiger charge is -2.26. The molecule has 0 spiro atoms. The Morgan fingerprint density at radius 2 is 1.76 bits per heavy atom. The molecule has 21 heavy (non-hydrogen) atoms. The maximum Gasteiger partial charge on any atom is 0.243 e. The van der Waals surface area contributed by atoms with Crippen molar-refractivity contribution in [1.82, 2.24) is 4.31 Å². The van der Waals surface area contributed by atoms with Gasteiger partial charge >= 0.3 is 0 Å². The molecule has 0 bridgehead atoms. The molecule has 0 saturated heterocycles. The monoisotopic (exact) mass is 314 g/mol. The number of hydrogen-bond acceptors (Lipinski definition) is 3. The highest BCUT2D eigenvalue weighted by molar-refractivity contribution is 7.89. The molecule has 1 fully saturated rings. The third-order valence-electron chi connectivity index (χ3n) is 4.27. The average Bonchev–Trinajstić information content (AvgIpc) is 2.72. The minimum Gasteiger partial charge on any atom is -0.396 e. The fourth-order valence-corrected chi connectivity index (χ4v) is 4.43. The van der Waals surface area contributed by atoms with Crippen molar-refractivity contribution < 1.29 is 12.8 Å². The van der Waals surface area contributed by atoms with E-state index in [9.17, 15) is 12.8 Å². The quantitative estimate of drug-likeness (QED) is 0.689. The van der Waals surface area contributed by atoms with E-state index >= 15 is 0 Å². The first kappa shape index (κ1) is 16.2. The van der Waals surface area contributed by atoms with Gasteiger partial charge in [0.25, 0.3) is 0 Å². The number of aryl methyl sites for hydroxylation is 1. The Kier molecular flexibility index (Phi) is 4.88. The largest absolute Gasteiger partial charge is 0.396 e. The predicted octanol–water partition coefficient (Wildman–Crippen LogP) is 3.06. The van der Waals surface area contributed by atoms with Crippen LogP contribution in [0.1, 0.15) is 44.1 Å². The Labute approximate surface area is 126 Å². The van der Waals surface area contributed by atoms with Crippen molar-refractivity contribution in [1.29, 1.82) is 0 Å². The second-order valence-corrected chi connectivity index (χ2v) is 7.81. The van der Waals surface area contributed by atoms with Gasteiger partial charge in [0, 0.05) is 13.1 Å². The molecule has 0 heterocycles. The standard InChI is InChI=1S/C15H23FN2O2S/c1-11-9-13(10-14(17)15(11)16)21(19,20)18(2)12-7-5-3-4-6-8-12/h9-10,12H,3-8,17H2,1-2H3. The molecule has 1 aliphatic rings. The molecule has 6 heteroatoms. The zero-order chi connectivity index (χ0) is 15.6. The molecule has 4 nitrogen and oxygen atoms in total. The first-order valence-electron chi connectivity index (χ1n) is 7.37. The van der Waals surface area contributed by atoms with Gasteiger partial charge in [-0.25, -0.2) is 12.8 Å². The van der Waals surface area contributed by atoms with Crippen LogP contribution in [0, 0.1) is 12.7 Å². The van der Waals surface area contributed by atoms with E-state index in [4.69, 9.17) is 5.73 Å². The summed E-state index contributed by atoms with van der Waals surface area (Å²) in [4.78, 5) is 0.0747. The molecular formula is C15H23FN2O2S. The summed E-state index contributed by atoms with van der Waals surface area (Å²) in [6, 6.07) is 2.59. The summed E-state index contributed by atoms with van der Waals surface area (Å²) in [7, 11) is -2.02. The van der Waals surface area contributed by atoms with Crippen molar-refractivity contribution in [3.63, 3.8) is 0 Å². The lowest BCUT2D eigenvalue weighted by atomic mass is 10.1. The van der Waals surface area contributed by atoms with Gasteiger partial charge in [0.05, 0.1) is 10.6 Å². The molecule has 1 aromatic rings. The van der Waals surface area contributed by atoms with Crippen LogP contribution in [-0.2, 0) is 10.0 Å². The third-order valence-corrected chi connectivity index (χ3v) is 6.16. The van der Waals surface area contributed by atoms with Crippen LogP contribution < -0.4 is 5.73 Å². The van der Waals surface area contributed by atoms with E-state index in [-0.39, 0.29) is 22.2 Å². The predicted molar refractivity (Wildman–Crippen MR) is 82.0 cm³/mol. The Hall–Kier alpha value is -1.14. The minimum atomic E-state index is -3.63. The van der Waals surface area contributed by atoms with Crippen molar-refractivity contribution in [2.45, 2.75) is 56.4 Å². The summed E-state index contributed by atoms with van der Waals surface area (Å²) < 4.78 is 40.4. The second-order valence-electron chi connectivity index (χ2n) is 5.81. The van der Waals surface area contributed by atoms with Crippen LogP contribution in [0.2, 0.25) is 0 Å². The molecule has 0 aliphatic heterocycles. The molecule has 1 aromatic carbocycles. The lowest BCUT2D eigenvalue weighted by Crippen LogP contribution is -2.36. The van der Waals surface area contributed by atoms with E-state index < -0.39 is 15.8 Å². The maximum atomic E-state index is 13.6. The molecule has 0 radical (unpaired) electrons. The van der Waals surface area contributed by atoms with Gasteiger partial charge in [-0.3, -0.25) is 0 Å². The molecule has 0 atom stereocenters. The summed E-state index contributed by atoms with van der Waals surface area (Å²) in [6.45, 7) is 1.52. The van der Waals surface area contributed by atoms with Crippen LogP contribution in [0.25, 0.3) is 0 Å². The van der Waals surface area contributed by atoms with E-state index in [1.807, 2.05) is 0 Å². The SMILES string of the molecule is Cc1cc(S(=O)(=O)N(C)C2CCCCCC2)cc(N)c1F. The number of nitrogens with two attached hydrogens (primary N) is 1. The molecule has 118 valence electrons. The summed E-state index contributed by atoms with van der Waals surface area (Å²) in [6.07, 6.45) is 6.18. The van der Waals surface area contributed by atoms with Crippen molar-refractivity contribution in [2.75, 3.05) is 12.8 Å². The van der Waals surface area contributed by atoms with Gasteiger partial charge < -0.3 is 5.73 Å². The van der Waals surface area contributed by atoms with Crippen LogP contribution in [0.15, 0.2) is 17.0 Å². The number of halogens is 1. The molecule has 1 aliphatic carbocycles. The highest BCUT2D eigenvalue weighted by atomic mass is 32.2. The summed E-state index contributed by atoms with van der Waals surface area (Å²) >= 11 is 0. The molecule has 0 aromatic heterocycles. The van der Waals surface area contributed by atoms with E-state index in [0.717, 1.165) is 38.5 Å². The number of nitrogen functional groups attached to an aromatic ring is 1. The third kappa shape index (κ3) is 3.37. The van der Waals surface area contributed by atoms with E-state index in [2.05, 4.69) is 0 Å². The molecular weight excluding hydrogens is 291 g/mol. The van der Waals surface area contributed by atoms with Crippen molar-refractivity contribution in [3.8, 4) is 0 Å². The van der Waals surface area contributed by atoms with Crippen LogP contribution in [0.5, 0.6) is 0 Å². The van der Waals surface area contributed by atoms with E-state index in [0.29, 0.717) is 0 Å². The van der Waals surface area contributed by atoms with Gasteiger partial charge in [-0.05, 0) is 37.5 Å². The van der Waals surface area contributed by atoms with Crippen LogP contribution in [0.4, 0.5) is 10.1 Å². The van der Waals surface area contributed by atoms with Gasteiger partial charge in [-0.1, -0.05) is 25.7 Å². The fourth-order valence-electron chi connectivity index (χ4n) is 2.90. The Morgan fingerprint density at radius 1 is 1.19 bits per heavy atom. The summed E-state index contributed by atoms with van der Waals surface area (Å²) in [5.74, 6) is -0.550. The van der Waals surface area contributed by atoms with Gasteiger partial charge in [0.15, 0.2) is 0 Å². The number of anilines is 1. The van der Waals surface area contributed by atoms with Gasteiger partial charge in [0.1, 0.15) is 5.82 Å². The smallest absolute Gasteiger partial charge is 0.243 e. The first-order valence-corrected chi connectivity index (χ1v) is 8.81. The Morgan fingerprint density at radius 3 is 2.29 bits per heavy atom. The number of benzene rings is 1. The number of nitrogens with zero attached hydrogens (tertiary/aromatic N) is 1. The molecule has 0 unspecified atom stereocenters. The molecule has 2 rings (SSSR count). The van der Waals surface area contributed by atoms with Crippen molar-refractivity contribution in [3.05, 3.63) is 23.5 Å². The normalized spacial score (nSPS) is 17.9. The van der Waals surface area contributed by atoms with Crippen LogP contribution >= 0.6 is 0 Å². The van der Waals surface area contributed by atoms with Crippen LogP contribution in [-0.4, -0.2) is 25.8 Å². The average molecular weight is 314 g/mol. The molecule has 2 N–H and O–H groups in total. The Balaban J connectivity index is 2.32. The van der Waals surface area contributed by atoms with Crippen molar-refractivity contribution in [2.24, 2.45) is 0 Å². The highest BCUT2D eigenvalue weighted by Crippen LogP contribution is 2.28. The minimum absolute atomic E-state index is 0.0177. The first-order chi connectivity index (χ1) is 9.84. The highest BCUT2D eigenvalue weighted by Gasteiger charge is 2.29. The number of rotatable bonds is 3. The topological polar surface area (TPSA) is 63.4 Å². The van der Waals surface area contributed by atoms with Gasteiger partial charge in [-0.15, -0.1) is 0 Å². The second kappa shape index (κ2) is 6.32. The lowest BCUT2D eigenvalue weighted by molar-refractivity contribution is 0.335. The number of hydrogen-bond donors (Lipinski definition) is 1.